The first-order chi connectivity index (χ1) is 9.48. The zero-order valence-electron chi connectivity index (χ0n) is 12.0. The first-order valence-electron chi connectivity index (χ1n) is 6.86. The molecule has 1 aromatic rings. The number of sulfonamides is 1. The van der Waals surface area contributed by atoms with Crippen molar-refractivity contribution in [2.75, 3.05) is 20.2 Å². The Bertz CT molecular complexity index is 564. The van der Waals surface area contributed by atoms with E-state index in [2.05, 4.69) is 6.92 Å². The first-order valence-corrected chi connectivity index (χ1v) is 8.30. The Morgan fingerprint density at radius 2 is 2.00 bits per heavy atom. The molecule has 0 aliphatic carbocycles. The third kappa shape index (κ3) is 2.97. The van der Waals surface area contributed by atoms with E-state index >= 15 is 0 Å². The molecular weight excluding hydrogens is 276 g/mol. The SMILES string of the molecule is COc1ccc(S(=O)(=O)N2CCC(C)CC2)cc1CN. The Morgan fingerprint density at radius 3 is 2.55 bits per heavy atom. The van der Waals surface area contributed by atoms with Crippen LogP contribution in [0, 0.1) is 5.92 Å². The van der Waals surface area contributed by atoms with Crippen LogP contribution in [0.3, 0.4) is 0 Å². The van der Waals surface area contributed by atoms with E-state index in [1.54, 1.807) is 29.6 Å². The predicted octanol–water partition coefficient (Wildman–Crippen LogP) is 1.57. The number of nitrogens with zero attached hydrogens (tertiary/aromatic N) is 1. The lowest BCUT2D eigenvalue weighted by molar-refractivity contribution is 0.288. The van der Waals surface area contributed by atoms with Crippen molar-refractivity contribution >= 4 is 10.0 Å². The number of benzene rings is 1. The molecular formula is C14H22N2O3S. The molecule has 0 atom stereocenters. The number of nitrogens with two attached hydrogens (primary N) is 1. The lowest BCUT2D eigenvalue weighted by Gasteiger charge is -2.29. The molecule has 0 bridgehead atoms. The Hall–Kier alpha value is -1.11. The Morgan fingerprint density at radius 1 is 1.35 bits per heavy atom. The van der Waals surface area contributed by atoms with Gasteiger partial charge in [-0.25, -0.2) is 8.42 Å². The molecule has 1 saturated heterocycles. The smallest absolute Gasteiger partial charge is 0.243 e. The van der Waals surface area contributed by atoms with Crippen LogP contribution in [0.15, 0.2) is 23.1 Å². The highest BCUT2D eigenvalue weighted by Crippen LogP contribution is 2.27. The van der Waals surface area contributed by atoms with Crippen LogP contribution >= 0.6 is 0 Å². The quantitative estimate of drug-likeness (QED) is 0.916. The van der Waals surface area contributed by atoms with E-state index in [1.807, 2.05) is 0 Å². The van der Waals surface area contributed by atoms with Gasteiger partial charge in [0, 0.05) is 25.2 Å². The zero-order chi connectivity index (χ0) is 14.8. The summed E-state index contributed by atoms with van der Waals surface area (Å²) in [6, 6.07) is 4.87. The zero-order valence-corrected chi connectivity index (χ0v) is 12.8. The molecule has 0 unspecified atom stereocenters. The highest BCUT2D eigenvalue weighted by Gasteiger charge is 2.28. The third-order valence-corrected chi connectivity index (χ3v) is 5.75. The fourth-order valence-electron chi connectivity index (χ4n) is 2.45. The maximum atomic E-state index is 12.6. The molecule has 1 heterocycles. The van der Waals surface area contributed by atoms with Gasteiger partial charge in [-0.05, 0) is 37.0 Å². The van der Waals surface area contributed by atoms with Crippen molar-refractivity contribution < 1.29 is 13.2 Å². The summed E-state index contributed by atoms with van der Waals surface area (Å²) in [5, 5.41) is 0. The lowest BCUT2D eigenvalue weighted by Crippen LogP contribution is -2.37. The van der Waals surface area contributed by atoms with Crippen molar-refractivity contribution in [3.05, 3.63) is 23.8 Å². The summed E-state index contributed by atoms with van der Waals surface area (Å²) in [5.74, 6) is 1.22. The number of hydrogen-bond donors (Lipinski definition) is 1. The van der Waals surface area contributed by atoms with E-state index in [0.29, 0.717) is 35.2 Å². The third-order valence-electron chi connectivity index (χ3n) is 3.85. The van der Waals surface area contributed by atoms with Crippen LogP contribution in [0.2, 0.25) is 0 Å². The number of hydrogen-bond acceptors (Lipinski definition) is 4. The summed E-state index contributed by atoms with van der Waals surface area (Å²) in [5.41, 5.74) is 6.35. The van der Waals surface area contributed by atoms with Crippen molar-refractivity contribution in [1.29, 1.82) is 0 Å². The van der Waals surface area contributed by atoms with Gasteiger partial charge in [0.1, 0.15) is 5.75 Å². The van der Waals surface area contributed by atoms with Crippen LogP contribution in [0.4, 0.5) is 0 Å². The minimum atomic E-state index is -3.42. The van der Waals surface area contributed by atoms with Gasteiger partial charge < -0.3 is 10.5 Å². The van der Waals surface area contributed by atoms with E-state index in [4.69, 9.17) is 10.5 Å². The average molecular weight is 298 g/mol. The van der Waals surface area contributed by atoms with Crippen molar-refractivity contribution in [2.24, 2.45) is 11.7 Å². The van der Waals surface area contributed by atoms with Crippen LogP contribution in [0.5, 0.6) is 5.75 Å². The number of piperidine rings is 1. The van der Waals surface area contributed by atoms with Gasteiger partial charge in [-0.1, -0.05) is 6.92 Å². The molecule has 5 nitrogen and oxygen atoms in total. The van der Waals surface area contributed by atoms with Gasteiger partial charge >= 0.3 is 0 Å². The van der Waals surface area contributed by atoms with E-state index in [-0.39, 0.29) is 6.54 Å². The normalized spacial score (nSPS) is 18.1. The minimum absolute atomic E-state index is 0.254. The van der Waals surface area contributed by atoms with Crippen LogP contribution in [-0.2, 0) is 16.6 Å². The summed E-state index contributed by atoms with van der Waals surface area (Å²) < 4.78 is 32.0. The maximum Gasteiger partial charge on any atom is 0.243 e. The van der Waals surface area contributed by atoms with Gasteiger partial charge in [0.05, 0.1) is 12.0 Å². The van der Waals surface area contributed by atoms with Gasteiger partial charge in [0.2, 0.25) is 10.0 Å². The fourth-order valence-corrected chi connectivity index (χ4v) is 3.97. The summed E-state index contributed by atoms with van der Waals surface area (Å²) in [4.78, 5) is 0.299. The van der Waals surface area contributed by atoms with Crippen LogP contribution in [0.25, 0.3) is 0 Å². The highest BCUT2D eigenvalue weighted by atomic mass is 32.2. The van der Waals surface area contributed by atoms with Crippen LogP contribution in [0.1, 0.15) is 25.3 Å². The second-order valence-electron chi connectivity index (χ2n) is 5.26. The van der Waals surface area contributed by atoms with Gasteiger partial charge in [-0.15, -0.1) is 0 Å². The average Bonchev–Trinajstić information content (AvgIpc) is 2.46. The molecule has 20 heavy (non-hydrogen) atoms. The number of methoxy groups -OCH3 is 1. The standard InChI is InChI=1S/C14H22N2O3S/c1-11-5-7-16(8-6-11)20(17,18)13-3-4-14(19-2)12(9-13)10-15/h3-4,9,11H,5-8,10,15H2,1-2H3. The predicted molar refractivity (Wildman–Crippen MR) is 78.0 cm³/mol. The monoisotopic (exact) mass is 298 g/mol. The van der Waals surface area contributed by atoms with Crippen molar-refractivity contribution in [1.82, 2.24) is 4.31 Å². The highest BCUT2D eigenvalue weighted by molar-refractivity contribution is 7.89. The molecule has 1 aliphatic heterocycles. The Balaban J connectivity index is 2.30. The molecule has 6 heteroatoms. The van der Waals surface area contributed by atoms with Gasteiger partial charge in [-0.2, -0.15) is 4.31 Å². The Labute approximate surface area is 120 Å². The summed E-state index contributed by atoms with van der Waals surface area (Å²) in [6.07, 6.45) is 1.83. The maximum absolute atomic E-state index is 12.6. The molecule has 2 N–H and O–H groups in total. The van der Waals surface area contributed by atoms with E-state index in [9.17, 15) is 8.42 Å². The van der Waals surface area contributed by atoms with Crippen molar-refractivity contribution in [2.45, 2.75) is 31.2 Å². The number of ether oxygens (including phenoxy) is 1. The van der Waals surface area contributed by atoms with Gasteiger partial charge in [-0.3, -0.25) is 0 Å². The molecule has 0 spiro atoms. The van der Waals surface area contributed by atoms with Crippen LogP contribution < -0.4 is 10.5 Å². The first kappa shape index (κ1) is 15.3. The summed E-state index contributed by atoms with van der Waals surface area (Å²) >= 11 is 0. The van der Waals surface area contributed by atoms with Crippen LogP contribution in [-0.4, -0.2) is 32.9 Å². The topological polar surface area (TPSA) is 72.6 Å². The minimum Gasteiger partial charge on any atom is -0.496 e. The molecule has 1 aliphatic rings. The van der Waals surface area contributed by atoms with Gasteiger partial charge in [0.15, 0.2) is 0 Å². The molecule has 1 fully saturated rings. The lowest BCUT2D eigenvalue weighted by atomic mass is 10.0. The molecule has 2 rings (SSSR count). The van der Waals surface area contributed by atoms with E-state index in [0.717, 1.165) is 12.8 Å². The summed E-state index contributed by atoms with van der Waals surface area (Å²) in [6.45, 7) is 3.59. The number of rotatable bonds is 4. The largest absolute Gasteiger partial charge is 0.496 e. The molecule has 0 saturated carbocycles. The molecule has 112 valence electrons. The molecule has 0 aromatic heterocycles. The fraction of sp³-hybridized carbons (Fsp3) is 0.571. The van der Waals surface area contributed by atoms with E-state index < -0.39 is 10.0 Å². The second-order valence-corrected chi connectivity index (χ2v) is 7.20. The van der Waals surface area contributed by atoms with Crippen molar-refractivity contribution in [3.8, 4) is 5.75 Å². The van der Waals surface area contributed by atoms with E-state index in [1.165, 1.54) is 0 Å². The molecule has 0 amide bonds. The Kier molecular flexibility index (Phi) is 4.67. The van der Waals surface area contributed by atoms with Crippen molar-refractivity contribution in [3.63, 3.8) is 0 Å². The second kappa shape index (κ2) is 6.11. The summed E-state index contributed by atoms with van der Waals surface area (Å²) in [7, 11) is -1.87. The molecule has 0 radical (unpaired) electrons. The van der Waals surface area contributed by atoms with Gasteiger partial charge in [0.25, 0.3) is 0 Å². The molecule has 1 aromatic carbocycles.